The molecule has 128 valence electrons. The average molecular weight is 348 g/mol. The summed E-state index contributed by atoms with van der Waals surface area (Å²) in [6.07, 6.45) is 2.06. The topological polar surface area (TPSA) is 84.6 Å². The van der Waals surface area contributed by atoms with Crippen molar-refractivity contribution in [2.75, 3.05) is 18.1 Å². The van der Waals surface area contributed by atoms with Crippen molar-refractivity contribution in [1.82, 2.24) is 19.5 Å². The number of fused-ring (bicyclic) bond motifs is 1. The van der Waals surface area contributed by atoms with Crippen LogP contribution in [-0.4, -0.2) is 57.9 Å². The number of sulfone groups is 1. The summed E-state index contributed by atoms with van der Waals surface area (Å²) in [4.78, 5) is 18.9. The summed E-state index contributed by atoms with van der Waals surface area (Å²) >= 11 is 0. The molecular weight excluding hydrogens is 328 g/mol. The lowest BCUT2D eigenvalue weighted by molar-refractivity contribution is 0.0714. The Morgan fingerprint density at radius 3 is 2.83 bits per heavy atom. The van der Waals surface area contributed by atoms with E-state index in [2.05, 4.69) is 16.7 Å². The number of rotatable bonds is 4. The molecule has 3 heterocycles. The van der Waals surface area contributed by atoms with Crippen molar-refractivity contribution in [2.24, 2.45) is 0 Å². The summed E-state index contributed by atoms with van der Waals surface area (Å²) in [5, 5.41) is 4.32. The molecule has 0 N–H and O–H groups in total. The summed E-state index contributed by atoms with van der Waals surface area (Å²) in [6.45, 7) is 7.69. The van der Waals surface area contributed by atoms with Crippen LogP contribution in [0.25, 0.3) is 5.65 Å². The van der Waals surface area contributed by atoms with E-state index in [1.807, 2.05) is 19.9 Å². The largest absolute Gasteiger partial charge is 0.330 e. The smallest absolute Gasteiger partial charge is 0.273 e. The Morgan fingerprint density at radius 2 is 2.21 bits per heavy atom. The van der Waals surface area contributed by atoms with Gasteiger partial charge in [0.05, 0.1) is 17.2 Å². The molecule has 1 aliphatic rings. The highest BCUT2D eigenvalue weighted by Gasteiger charge is 2.35. The van der Waals surface area contributed by atoms with Crippen LogP contribution in [0, 0.1) is 13.8 Å². The molecule has 1 atom stereocenters. The third-order valence-corrected chi connectivity index (χ3v) is 5.93. The first-order valence-electron chi connectivity index (χ1n) is 7.77. The Bertz CT molecular complexity index is 917. The van der Waals surface area contributed by atoms with Crippen molar-refractivity contribution in [2.45, 2.75) is 26.3 Å². The minimum absolute atomic E-state index is 0.000400. The van der Waals surface area contributed by atoms with Crippen LogP contribution in [0.2, 0.25) is 0 Å². The molecule has 2 aromatic heterocycles. The van der Waals surface area contributed by atoms with Crippen molar-refractivity contribution in [1.29, 1.82) is 0 Å². The van der Waals surface area contributed by atoms with E-state index in [0.29, 0.717) is 24.3 Å². The molecule has 0 saturated carbocycles. The van der Waals surface area contributed by atoms with Gasteiger partial charge in [-0.15, -0.1) is 6.58 Å². The Morgan fingerprint density at radius 1 is 1.46 bits per heavy atom. The summed E-state index contributed by atoms with van der Waals surface area (Å²) in [7, 11) is -3.08. The van der Waals surface area contributed by atoms with Gasteiger partial charge in [0.15, 0.2) is 15.5 Å². The third kappa shape index (κ3) is 3.06. The third-order valence-electron chi connectivity index (χ3n) is 4.18. The molecule has 0 spiro atoms. The maximum atomic E-state index is 12.9. The molecule has 1 aliphatic heterocycles. The highest BCUT2D eigenvalue weighted by molar-refractivity contribution is 7.91. The number of hydrogen-bond donors (Lipinski definition) is 0. The Hall–Kier alpha value is -2.22. The van der Waals surface area contributed by atoms with Gasteiger partial charge in [-0.1, -0.05) is 6.08 Å². The van der Waals surface area contributed by atoms with Crippen LogP contribution < -0.4 is 0 Å². The fourth-order valence-electron chi connectivity index (χ4n) is 3.05. The van der Waals surface area contributed by atoms with E-state index >= 15 is 0 Å². The number of aromatic nitrogens is 3. The molecule has 1 saturated heterocycles. The van der Waals surface area contributed by atoms with Crippen LogP contribution >= 0.6 is 0 Å². The lowest BCUT2D eigenvalue weighted by Crippen LogP contribution is -2.41. The quantitative estimate of drug-likeness (QED) is 0.774. The molecule has 24 heavy (non-hydrogen) atoms. The van der Waals surface area contributed by atoms with Gasteiger partial charge in [-0.05, 0) is 26.3 Å². The highest BCUT2D eigenvalue weighted by atomic mass is 32.2. The van der Waals surface area contributed by atoms with Crippen molar-refractivity contribution >= 4 is 21.4 Å². The maximum Gasteiger partial charge on any atom is 0.273 e. The molecule has 0 aromatic carbocycles. The Labute approximate surface area is 140 Å². The first kappa shape index (κ1) is 16.6. The molecule has 0 aliphatic carbocycles. The highest BCUT2D eigenvalue weighted by Crippen LogP contribution is 2.20. The van der Waals surface area contributed by atoms with Crippen molar-refractivity contribution in [3.05, 3.63) is 41.9 Å². The van der Waals surface area contributed by atoms with Crippen LogP contribution in [-0.2, 0) is 9.84 Å². The second-order valence-corrected chi connectivity index (χ2v) is 8.37. The Kier molecular flexibility index (Phi) is 4.16. The van der Waals surface area contributed by atoms with Gasteiger partial charge < -0.3 is 4.90 Å². The number of amides is 1. The van der Waals surface area contributed by atoms with E-state index in [9.17, 15) is 13.2 Å². The normalized spacial score (nSPS) is 19.5. The fraction of sp³-hybridized carbons (Fsp3) is 0.438. The number of nitrogens with zero attached hydrogens (tertiary/aromatic N) is 4. The first-order valence-corrected chi connectivity index (χ1v) is 9.59. The minimum Gasteiger partial charge on any atom is -0.330 e. The zero-order valence-electron chi connectivity index (χ0n) is 13.8. The lowest BCUT2D eigenvalue weighted by atomic mass is 10.2. The molecule has 0 bridgehead atoms. The summed E-state index contributed by atoms with van der Waals surface area (Å²) in [5.74, 6) is -0.160. The van der Waals surface area contributed by atoms with Gasteiger partial charge in [-0.25, -0.2) is 17.9 Å². The zero-order chi connectivity index (χ0) is 17.5. The number of carbonyl (C=O) groups is 1. The van der Waals surface area contributed by atoms with E-state index < -0.39 is 9.84 Å². The van der Waals surface area contributed by atoms with Gasteiger partial charge in [0.1, 0.15) is 5.69 Å². The monoisotopic (exact) mass is 348 g/mol. The molecule has 0 radical (unpaired) electrons. The maximum absolute atomic E-state index is 12.9. The van der Waals surface area contributed by atoms with Gasteiger partial charge in [0.25, 0.3) is 5.91 Å². The average Bonchev–Trinajstić information content (AvgIpc) is 3.06. The second kappa shape index (κ2) is 6.01. The summed E-state index contributed by atoms with van der Waals surface area (Å²) < 4.78 is 25.2. The van der Waals surface area contributed by atoms with Crippen LogP contribution in [0.5, 0.6) is 0 Å². The molecule has 8 heteroatoms. The molecule has 1 amide bonds. The van der Waals surface area contributed by atoms with Crippen molar-refractivity contribution in [3.8, 4) is 0 Å². The van der Waals surface area contributed by atoms with Crippen molar-refractivity contribution in [3.63, 3.8) is 0 Å². The first-order chi connectivity index (χ1) is 11.3. The predicted molar refractivity (Wildman–Crippen MR) is 90.8 cm³/mol. The van der Waals surface area contributed by atoms with E-state index in [-0.39, 0.29) is 23.5 Å². The standard InChI is InChI=1S/C16H20N4O3S/c1-4-6-19(13-5-7-24(22,23)10-13)16(21)14-9-12(3)20-15(17-14)8-11(2)18-20/h4,8-9,13H,1,5-7,10H2,2-3H3. The van der Waals surface area contributed by atoms with Crippen LogP contribution in [0.1, 0.15) is 28.3 Å². The molecule has 2 aromatic rings. The number of aryl methyl sites for hydroxylation is 2. The SMILES string of the molecule is C=CCN(C(=O)c1cc(C)n2nc(C)cc2n1)C1CCS(=O)(=O)C1. The molecule has 7 nitrogen and oxygen atoms in total. The number of hydrogen-bond acceptors (Lipinski definition) is 5. The van der Waals surface area contributed by atoms with Crippen LogP contribution in [0.15, 0.2) is 24.8 Å². The summed E-state index contributed by atoms with van der Waals surface area (Å²) in [5.41, 5.74) is 2.52. The second-order valence-electron chi connectivity index (χ2n) is 6.14. The minimum atomic E-state index is -3.08. The zero-order valence-corrected chi connectivity index (χ0v) is 14.6. The molecule has 3 rings (SSSR count). The Balaban J connectivity index is 1.97. The number of carbonyl (C=O) groups excluding carboxylic acids is 1. The van der Waals surface area contributed by atoms with Crippen LogP contribution in [0.4, 0.5) is 0 Å². The van der Waals surface area contributed by atoms with Gasteiger partial charge in [0.2, 0.25) is 0 Å². The molecule has 1 unspecified atom stereocenters. The van der Waals surface area contributed by atoms with E-state index in [1.165, 1.54) is 0 Å². The van der Waals surface area contributed by atoms with Gasteiger partial charge >= 0.3 is 0 Å². The predicted octanol–water partition coefficient (Wildman–Crippen LogP) is 1.16. The van der Waals surface area contributed by atoms with Crippen molar-refractivity contribution < 1.29 is 13.2 Å². The van der Waals surface area contributed by atoms with Crippen LogP contribution in [0.3, 0.4) is 0 Å². The van der Waals surface area contributed by atoms with E-state index in [0.717, 1.165) is 11.4 Å². The van der Waals surface area contributed by atoms with Gasteiger partial charge in [-0.2, -0.15) is 5.10 Å². The fourth-order valence-corrected chi connectivity index (χ4v) is 4.79. The van der Waals surface area contributed by atoms with E-state index in [1.54, 1.807) is 21.6 Å². The molecule has 1 fully saturated rings. The van der Waals surface area contributed by atoms with Gasteiger partial charge in [-0.3, -0.25) is 4.79 Å². The lowest BCUT2D eigenvalue weighted by Gasteiger charge is -2.26. The van der Waals surface area contributed by atoms with Gasteiger partial charge in [0, 0.05) is 24.3 Å². The molecular formula is C16H20N4O3S. The summed E-state index contributed by atoms with van der Waals surface area (Å²) in [6, 6.07) is 3.16. The van der Waals surface area contributed by atoms with E-state index in [4.69, 9.17) is 0 Å².